The highest BCUT2D eigenvalue weighted by Gasteiger charge is 2.29. The highest BCUT2D eigenvalue weighted by molar-refractivity contribution is 6.08. The van der Waals surface area contributed by atoms with E-state index in [0.29, 0.717) is 12.5 Å². The molecule has 0 N–H and O–H groups in total. The van der Waals surface area contributed by atoms with Crippen molar-refractivity contribution in [3.63, 3.8) is 0 Å². The van der Waals surface area contributed by atoms with E-state index in [1.165, 1.54) is 0 Å². The zero-order chi connectivity index (χ0) is 14.8. The average Bonchev–Trinajstić information content (AvgIpc) is 2.76. The monoisotopic (exact) mass is 273 g/mol. The lowest BCUT2D eigenvalue weighted by molar-refractivity contribution is 0.101. The topological polar surface area (TPSA) is 38.7 Å². The maximum absolute atomic E-state index is 12.1. The molecule has 1 aliphatic rings. The predicted molar refractivity (Wildman–Crippen MR) is 81.6 cm³/mol. The molecule has 0 saturated heterocycles. The third-order valence-corrected chi connectivity index (χ3v) is 3.50. The summed E-state index contributed by atoms with van der Waals surface area (Å²) in [7, 11) is 0. The summed E-state index contributed by atoms with van der Waals surface area (Å²) < 4.78 is 5.70. The van der Waals surface area contributed by atoms with Gasteiger partial charge in [0.05, 0.1) is 5.54 Å². The highest BCUT2D eigenvalue weighted by atomic mass is 16.5. The number of Topliss-reactive ketones (excluding diaryl/α,β-unsaturated/α-hetero) is 1. The molecule has 2 rings (SSSR count). The molecule has 108 valence electrons. The van der Waals surface area contributed by atoms with Crippen LogP contribution in [-0.4, -0.2) is 23.8 Å². The van der Waals surface area contributed by atoms with Gasteiger partial charge in [-0.3, -0.25) is 4.79 Å². The van der Waals surface area contributed by atoms with Gasteiger partial charge < -0.3 is 4.74 Å². The minimum atomic E-state index is -0.206. The Hall–Kier alpha value is -1.64. The Labute approximate surface area is 121 Å². The molecule has 3 heteroatoms. The molecule has 0 amide bonds. The molecule has 1 aromatic rings. The molecular weight excluding hydrogens is 250 g/mol. The van der Waals surface area contributed by atoms with Gasteiger partial charge in [0.15, 0.2) is 5.78 Å². The highest BCUT2D eigenvalue weighted by Crippen LogP contribution is 2.25. The minimum Gasteiger partial charge on any atom is -0.475 e. The van der Waals surface area contributed by atoms with E-state index < -0.39 is 0 Å². The van der Waals surface area contributed by atoms with Crippen LogP contribution in [0.2, 0.25) is 0 Å². The van der Waals surface area contributed by atoms with Gasteiger partial charge in [0.25, 0.3) is 0 Å². The maximum atomic E-state index is 12.1. The molecule has 0 spiro atoms. The van der Waals surface area contributed by atoms with Gasteiger partial charge >= 0.3 is 0 Å². The third-order valence-electron chi connectivity index (χ3n) is 3.50. The molecule has 1 heterocycles. The van der Waals surface area contributed by atoms with Crippen molar-refractivity contribution in [2.24, 2.45) is 4.99 Å². The molecule has 0 unspecified atom stereocenters. The fraction of sp³-hybridized carbons (Fsp3) is 0.529. The van der Waals surface area contributed by atoms with Crippen LogP contribution >= 0.6 is 0 Å². The van der Waals surface area contributed by atoms with Crippen LogP contribution in [0.15, 0.2) is 23.2 Å². The van der Waals surface area contributed by atoms with Crippen molar-refractivity contribution in [3.05, 3.63) is 34.9 Å². The summed E-state index contributed by atoms with van der Waals surface area (Å²) in [5.74, 6) is 0.696. The molecule has 3 nitrogen and oxygen atoms in total. The van der Waals surface area contributed by atoms with Crippen molar-refractivity contribution in [1.82, 2.24) is 0 Å². The number of ketones is 1. The Kier molecular flexibility index (Phi) is 4.26. The number of hydrogen-bond donors (Lipinski definition) is 0. The van der Waals surface area contributed by atoms with Gasteiger partial charge in [0.1, 0.15) is 6.61 Å². The van der Waals surface area contributed by atoms with Crippen molar-refractivity contribution < 1.29 is 9.53 Å². The molecule has 0 aromatic heterocycles. The Bertz CT molecular complexity index is 544. The zero-order valence-corrected chi connectivity index (χ0v) is 12.8. The van der Waals surface area contributed by atoms with E-state index >= 15 is 0 Å². The van der Waals surface area contributed by atoms with Crippen LogP contribution in [0.1, 0.15) is 62.0 Å². The van der Waals surface area contributed by atoms with E-state index in [2.05, 4.69) is 11.9 Å². The Balaban J connectivity index is 2.45. The number of carbonyl (C=O) groups excluding carboxylic acids is 1. The van der Waals surface area contributed by atoms with Crippen LogP contribution in [0.5, 0.6) is 0 Å². The normalized spacial score (nSPS) is 16.7. The van der Waals surface area contributed by atoms with Gasteiger partial charge in [-0.25, -0.2) is 4.99 Å². The van der Waals surface area contributed by atoms with E-state index in [1.807, 2.05) is 32.0 Å². The van der Waals surface area contributed by atoms with Crippen LogP contribution in [0.3, 0.4) is 0 Å². The van der Waals surface area contributed by atoms with Crippen molar-refractivity contribution in [2.75, 3.05) is 6.61 Å². The number of rotatable bonds is 5. The summed E-state index contributed by atoms with van der Waals surface area (Å²) in [6.07, 6.45) is 3.13. The predicted octanol–water partition coefficient (Wildman–Crippen LogP) is 3.79. The third kappa shape index (κ3) is 3.09. The summed E-state index contributed by atoms with van der Waals surface area (Å²) >= 11 is 0. The van der Waals surface area contributed by atoms with Gasteiger partial charge in [-0.15, -0.1) is 0 Å². The quantitative estimate of drug-likeness (QED) is 0.766. The van der Waals surface area contributed by atoms with E-state index in [4.69, 9.17) is 4.74 Å². The lowest BCUT2D eigenvalue weighted by Crippen LogP contribution is -2.17. The number of ether oxygens (including phenoxy) is 1. The first-order valence-corrected chi connectivity index (χ1v) is 7.30. The molecule has 0 radical (unpaired) electrons. The molecule has 0 aliphatic carbocycles. The fourth-order valence-electron chi connectivity index (χ4n) is 2.49. The zero-order valence-electron chi connectivity index (χ0n) is 12.8. The Morgan fingerprint density at radius 1 is 1.40 bits per heavy atom. The second kappa shape index (κ2) is 5.78. The number of benzene rings is 1. The van der Waals surface area contributed by atoms with Crippen molar-refractivity contribution in [2.45, 2.75) is 52.5 Å². The number of hydrogen-bond acceptors (Lipinski definition) is 3. The molecule has 1 aromatic carbocycles. The second-order valence-corrected chi connectivity index (χ2v) is 6.02. The van der Waals surface area contributed by atoms with Crippen LogP contribution < -0.4 is 0 Å². The SMILES string of the molecule is CCCCc1cccc(C2=NC(C)(C)CO2)c1C(C)=O. The second-order valence-electron chi connectivity index (χ2n) is 6.02. The number of carbonyl (C=O) groups is 1. The van der Waals surface area contributed by atoms with Gasteiger partial charge in [-0.2, -0.15) is 0 Å². The largest absolute Gasteiger partial charge is 0.475 e. The molecule has 0 fully saturated rings. The molecule has 0 saturated carbocycles. The molecular formula is C17H23NO2. The average molecular weight is 273 g/mol. The lowest BCUT2D eigenvalue weighted by atomic mass is 9.94. The summed E-state index contributed by atoms with van der Waals surface area (Å²) in [5.41, 5.74) is 2.52. The van der Waals surface area contributed by atoms with Crippen LogP contribution in [0, 0.1) is 0 Å². The van der Waals surface area contributed by atoms with Gasteiger partial charge in [0, 0.05) is 11.1 Å². The molecule has 1 aliphatic heterocycles. The Morgan fingerprint density at radius 3 is 2.70 bits per heavy atom. The number of nitrogens with zero attached hydrogens (tertiary/aromatic N) is 1. The van der Waals surface area contributed by atoms with Crippen LogP contribution in [0.25, 0.3) is 0 Å². The molecule has 0 atom stereocenters. The van der Waals surface area contributed by atoms with Crippen molar-refractivity contribution >= 4 is 11.7 Å². The van der Waals surface area contributed by atoms with E-state index in [-0.39, 0.29) is 11.3 Å². The van der Waals surface area contributed by atoms with Gasteiger partial charge in [0.2, 0.25) is 5.90 Å². The van der Waals surface area contributed by atoms with Crippen molar-refractivity contribution in [1.29, 1.82) is 0 Å². The Morgan fingerprint density at radius 2 is 2.15 bits per heavy atom. The minimum absolute atomic E-state index is 0.0858. The van der Waals surface area contributed by atoms with Crippen LogP contribution in [0.4, 0.5) is 0 Å². The summed E-state index contributed by atoms with van der Waals surface area (Å²) in [5, 5.41) is 0. The van der Waals surface area contributed by atoms with Gasteiger partial charge in [-0.1, -0.05) is 25.5 Å². The first-order valence-electron chi connectivity index (χ1n) is 7.30. The standard InChI is InChI=1S/C17H23NO2/c1-5-6-8-13-9-7-10-14(15(13)12(2)19)16-18-17(3,4)11-20-16/h7,9-10H,5-6,8,11H2,1-4H3. The van der Waals surface area contributed by atoms with E-state index in [9.17, 15) is 4.79 Å². The summed E-state index contributed by atoms with van der Waals surface area (Å²) in [4.78, 5) is 16.7. The number of unbranched alkanes of at least 4 members (excludes halogenated alkanes) is 1. The number of aryl methyl sites for hydroxylation is 1. The molecule has 0 bridgehead atoms. The van der Waals surface area contributed by atoms with Crippen LogP contribution in [-0.2, 0) is 11.2 Å². The van der Waals surface area contributed by atoms with E-state index in [0.717, 1.165) is 36.0 Å². The smallest absolute Gasteiger partial charge is 0.217 e. The maximum Gasteiger partial charge on any atom is 0.217 e. The first kappa shape index (κ1) is 14.8. The summed E-state index contributed by atoms with van der Waals surface area (Å²) in [6, 6.07) is 5.97. The van der Waals surface area contributed by atoms with E-state index in [1.54, 1.807) is 6.92 Å². The number of aliphatic imine (C=N–C) groups is 1. The molecule has 20 heavy (non-hydrogen) atoms. The van der Waals surface area contributed by atoms with Gasteiger partial charge in [-0.05, 0) is 45.2 Å². The fourth-order valence-corrected chi connectivity index (χ4v) is 2.49. The summed E-state index contributed by atoms with van der Waals surface area (Å²) in [6.45, 7) is 8.42. The first-order chi connectivity index (χ1) is 9.44. The van der Waals surface area contributed by atoms with Crippen molar-refractivity contribution in [3.8, 4) is 0 Å². The lowest BCUT2D eigenvalue weighted by Gasteiger charge is -2.12.